The number of unbranched alkanes of at least 4 members (excludes halogenated alkanes) is 20. The topological polar surface area (TPSA) is 256 Å². The van der Waals surface area contributed by atoms with Crippen LogP contribution in [0.5, 0.6) is 0 Å². The monoisotopic (exact) mass is 883 g/mol. The summed E-state index contributed by atoms with van der Waals surface area (Å²) in [4.78, 5) is 65.3. The molecule has 0 bridgehead atoms. The molecule has 1 fully saturated rings. The van der Waals surface area contributed by atoms with Crippen LogP contribution in [0.4, 0.5) is 5.82 Å². The maximum absolute atomic E-state index is 12.0. The van der Waals surface area contributed by atoms with Crippen LogP contribution in [0.3, 0.4) is 0 Å². The van der Waals surface area contributed by atoms with Gasteiger partial charge in [0.05, 0.1) is 19.3 Å². The van der Waals surface area contributed by atoms with E-state index in [4.69, 9.17) is 34.6 Å². The summed E-state index contributed by atoms with van der Waals surface area (Å²) in [6.07, 6.45) is 28.1. The molecule has 2 heterocycles. The first-order valence-electron chi connectivity index (χ1n) is 21.9. The fourth-order valence-corrected chi connectivity index (χ4v) is 8.11. The van der Waals surface area contributed by atoms with Crippen LogP contribution in [-0.2, 0) is 41.8 Å². The fourth-order valence-electron chi connectivity index (χ4n) is 6.49. The molecule has 2 rings (SSSR count). The van der Waals surface area contributed by atoms with Gasteiger partial charge in [0.1, 0.15) is 18.7 Å². The highest BCUT2D eigenvalue weighted by atomic mass is 31.3. The lowest BCUT2D eigenvalue weighted by atomic mass is 10.1. The van der Waals surface area contributed by atoms with E-state index in [0.29, 0.717) is 25.7 Å². The molecule has 0 amide bonds. The Labute approximate surface area is 351 Å². The number of anilines is 1. The molecule has 344 valence electrons. The van der Waals surface area contributed by atoms with E-state index in [1.165, 1.54) is 120 Å². The second kappa shape index (κ2) is 33.4. The Morgan fingerprint density at radius 2 is 1.27 bits per heavy atom. The van der Waals surface area contributed by atoms with Crippen molar-refractivity contribution in [2.45, 2.75) is 199 Å². The van der Waals surface area contributed by atoms with E-state index in [2.05, 4.69) is 27.7 Å². The number of carbonyl (C=O) groups is 2. The summed E-state index contributed by atoms with van der Waals surface area (Å²) in [7, 11) is -10.1. The summed E-state index contributed by atoms with van der Waals surface area (Å²) in [6.45, 7) is 3.67. The van der Waals surface area contributed by atoms with Crippen LogP contribution in [0.1, 0.15) is 187 Å². The lowest BCUT2D eigenvalue weighted by Crippen LogP contribution is -2.28. The zero-order chi connectivity index (χ0) is 43.8. The van der Waals surface area contributed by atoms with Gasteiger partial charge in [-0.25, -0.2) is 13.9 Å². The molecule has 19 heteroatoms. The van der Waals surface area contributed by atoms with Gasteiger partial charge in [0.25, 0.3) is 0 Å². The summed E-state index contributed by atoms with van der Waals surface area (Å²) in [5, 5.41) is 9.46. The quantitative estimate of drug-likeness (QED) is 0.0247. The van der Waals surface area contributed by atoms with E-state index in [-0.39, 0.29) is 31.0 Å². The van der Waals surface area contributed by atoms with Gasteiger partial charge in [0.15, 0.2) is 6.10 Å². The van der Waals surface area contributed by atoms with Crippen LogP contribution in [0.2, 0.25) is 0 Å². The van der Waals surface area contributed by atoms with Crippen molar-refractivity contribution in [2.24, 2.45) is 0 Å². The molecule has 0 radical (unpaired) electrons. The number of hydrogen-bond acceptors (Lipinski definition) is 13. The SMILES string of the molecule is CCCCCCCCCCCCCC(=O)OCC(CO)OC(=O)CCCCCCCCCCCCC.Nc1ccn([C@H]2CC[C@@H](COP(=O)(O)OP(=O)(O)O)O2)c(=O)n1. The van der Waals surface area contributed by atoms with Gasteiger partial charge in [-0.1, -0.05) is 142 Å². The van der Waals surface area contributed by atoms with Crippen molar-refractivity contribution in [1.82, 2.24) is 9.55 Å². The smallest absolute Gasteiger partial charge is 0.462 e. The molecule has 2 unspecified atom stereocenters. The molecule has 59 heavy (non-hydrogen) atoms. The molecule has 0 aliphatic carbocycles. The minimum Gasteiger partial charge on any atom is -0.462 e. The van der Waals surface area contributed by atoms with E-state index in [1.807, 2.05) is 0 Å². The van der Waals surface area contributed by atoms with Crippen molar-refractivity contribution < 1.29 is 61.6 Å². The second-order valence-corrected chi connectivity index (χ2v) is 18.0. The van der Waals surface area contributed by atoms with Gasteiger partial charge in [0, 0.05) is 19.0 Å². The van der Waals surface area contributed by atoms with E-state index in [0.717, 1.165) is 38.5 Å². The normalized spacial score (nSPS) is 16.8. The molecule has 1 aromatic rings. The molecule has 0 spiro atoms. The minimum atomic E-state index is -5.16. The van der Waals surface area contributed by atoms with Gasteiger partial charge in [-0.3, -0.25) is 18.7 Å². The fraction of sp³-hybridized carbons (Fsp3) is 0.850. The number of nitrogens with two attached hydrogens (primary N) is 1. The zero-order valence-corrected chi connectivity index (χ0v) is 37.4. The largest absolute Gasteiger partial charge is 0.481 e. The molecule has 6 N–H and O–H groups in total. The summed E-state index contributed by atoms with van der Waals surface area (Å²) < 4.78 is 47.1. The van der Waals surface area contributed by atoms with Crippen molar-refractivity contribution in [3.63, 3.8) is 0 Å². The second-order valence-electron chi connectivity index (χ2n) is 15.2. The molecule has 1 saturated heterocycles. The Morgan fingerprint density at radius 3 is 1.73 bits per heavy atom. The number of nitrogens with zero attached hydrogens (tertiary/aromatic N) is 2. The Bertz CT molecular complexity index is 1410. The van der Waals surface area contributed by atoms with Crippen molar-refractivity contribution in [3.05, 3.63) is 22.7 Å². The average molecular weight is 884 g/mol. The lowest BCUT2D eigenvalue weighted by Gasteiger charge is -2.17. The summed E-state index contributed by atoms with van der Waals surface area (Å²) in [5.74, 6) is -0.517. The van der Waals surface area contributed by atoms with Crippen LogP contribution in [0, 0.1) is 0 Å². The molecule has 17 nitrogen and oxygen atoms in total. The van der Waals surface area contributed by atoms with Crippen LogP contribution >= 0.6 is 15.6 Å². The van der Waals surface area contributed by atoms with Crippen LogP contribution in [-0.4, -0.2) is 73.3 Å². The van der Waals surface area contributed by atoms with Gasteiger partial charge in [-0.2, -0.15) is 9.29 Å². The number of aliphatic hydroxyl groups is 1. The summed E-state index contributed by atoms with van der Waals surface area (Å²) in [5.41, 5.74) is 4.78. The highest BCUT2D eigenvalue weighted by Crippen LogP contribution is 2.57. The maximum Gasteiger partial charge on any atom is 0.481 e. The zero-order valence-electron chi connectivity index (χ0n) is 35.6. The molecular formula is C40H75N3O14P2. The average Bonchev–Trinajstić information content (AvgIpc) is 3.65. The molecule has 4 atom stereocenters. The van der Waals surface area contributed by atoms with Crippen molar-refractivity contribution >= 4 is 33.4 Å². The first-order valence-corrected chi connectivity index (χ1v) is 24.9. The Kier molecular flexibility index (Phi) is 31.1. The van der Waals surface area contributed by atoms with E-state index < -0.39 is 46.4 Å². The Morgan fingerprint density at radius 1 is 0.797 bits per heavy atom. The predicted octanol–water partition coefficient (Wildman–Crippen LogP) is 8.57. The standard InChI is InChI=1S/C31H60O5.C9H15N3O9P2/c1-3-5-7-9-11-13-15-17-19-21-23-25-30(33)35-28-29(27-32)36-31(34)26-24-22-20-18-16-14-12-10-8-6-4-2;10-7-3-4-12(9(13)11-7)8-2-1-6(20-8)5-19-23(17,18)21-22(14,15)16/h29,32H,3-28H2,1-2H3;3-4,6,8H,1-2,5H2,(H,17,18)(H2,10,11,13)(H2,14,15,16)/t;6-,8+/m.0/s1. The van der Waals surface area contributed by atoms with Gasteiger partial charge >= 0.3 is 33.3 Å². The van der Waals surface area contributed by atoms with Crippen LogP contribution < -0.4 is 11.4 Å². The molecular weight excluding hydrogens is 808 g/mol. The van der Waals surface area contributed by atoms with Crippen molar-refractivity contribution in [2.75, 3.05) is 25.6 Å². The van der Waals surface area contributed by atoms with Crippen molar-refractivity contribution in [1.29, 1.82) is 0 Å². The van der Waals surface area contributed by atoms with Gasteiger partial charge in [-0.05, 0) is 31.7 Å². The molecule has 0 saturated carbocycles. The Hall–Kier alpha value is -2.20. The molecule has 1 aliphatic rings. The number of esters is 2. The highest BCUT2D eigenvalue weighted by Gasteiger charge is 2.35. The van der Waals surface area contributed by atoms with Gasteiger partial charge < -0.3 is 39.7 Å². The number of carbonyl (C=O) groups excluding carboxylic acids is 2. The number of aliphatic hydroxyl groups excluding tert-OH is 1. The number of phosphoric acid groups is 2. The molecule has 1 aromatic heterocycles. The van der Waals surface area contributed by atoms with Crippen LogP contribution in [0.15, 0.2) is 17.1 Å². The number of phosphoric ester groups is 1. The number of rotatable bonds is 34. The molecule has 1 aliphatic heterocycles. The molecule has 0 aromatic carbocycles. The Balaban J connectivity index is 0.000000646. The predicted molar refractivity (Wildman–Crippen MR) is 225 cm³/mol. The third-order valence-electron chi connectivity index (χ3n) is 9.78. The van der Waals surface area contributed by atoms with E-state index in [9.17, 15) is 28.6 Å². The number of hydrogen-bond donors (Lipinski definition) is 5. The highest BCUT2D eigenvalue weighted by molar-refractivity contribution is 7.60. The van der Waals surface area contributed by atoms with E-state index in [1.54, 1.807) is 0 Å². The first kappa shape index (κ1) is 54.8. The third kappa shape index (κ3) is 30.5. The van der Waals surface area contributed by atoms with Gasteiger partial charge in [0.2, 0.25) is 0 Å². The number of nitrogen functional groups attached to an aromatic ring is 1. The number of ether oxygens (including phenoxy) is 3. The summed E-state index contributed by atoms with van der Waals surface area (Å²) >= 11 is 0. The number of aromatic nitrogens is 2. The lowest BCUT2D eigenvalue weighted by molar-refractivity contribution is -0.161. The van der Waals surface area contributed by atoms with Crippen LogP contribution in [0.25, 0.3) is 0 Å². The van der Waals surface area contributed by atoms with E-state index >= 15 is 0 Å². The van der Waals surface area contributed by atoms with Gasteiger partial charge in [-0.15, -0.1) is 0 Å². The summed E-state index contributed by atoms with van der Waals surface area (Å²) in [6, 6.07) is 1.42. The first-order chi connectivity index (χ1) is 28.2. The minimum absolute atomic E-state index is 0.0582. The van der Waals surface area contributed by atoms with Crippen molar-refractivity contribution in [3.8, 4) is 0 Å². The maximum atomic E-state index is 12.0. The third-order valence-corrected chi connectivity index (χ3v) is 11.9.